The van der Waals surface area contributed by atoms with Crippen LogP contribution in [0.25, 0.3) is 0 Å². The second-order valence-corrected chi connectivity index (χ2v) is 12.3. The molecule has 56 heavy (non-hydrogen) atoms. The molecule has 0 aromatic heterocycles. The first-order chi connectivity index (χ1) is 26.2. The molecule has 0 aliphatic carbocycles. The monoisotopic (exact) mass is 803 g/mol. The van der Waals surface area contributed by atoms with Gasteiger partial charge in [-0.05, 0) is 52.5 Å². The number of hydrogen-bond acceptors (Lipinski definition) is 14. The van der Waals surface area contributed by atoms with Gasteiger partial charge in [0, 0.05) is 12.8 Å². The number of rotatable bonds is 28. The summed E-state index contributed by atoms with van der Waals surface area (Å²) in [5, 5.41) is 45.8. The van der Waals surface area contributed by atoms with Crippen molar-refractivity contribution in [1.82, 2.24) is 42.5 Å². The summed E-state index contributed by atoms with van der Waals surface area (Å²) in [7, 11) is 0. The molecule has 17 N–H and O–H groups in total. The Labute approximate surface area is 320 Å². The minimum absolute atomic E-state index is 0.0966. The van der Waals surface area contributed by atoms with Crippen molar-refractivity contribution in [3.8, 4) is 0 Å². The average Bonchev–Trinajstić information content (AvgIpc) is 3.13. The zero-order valence-electron chi connectivity index (χ0n) is 31.0. The first-order valence-corrected chi connectivity index (χ1v) is 17.3. The first-order valence-electron chi connectivity index (χ1n) is 17.3. The van der Waals surface area contributed by atoms with Crippen LogP contribution in [0.2, 0.25) is 0 Å². The second kappa shape index (κ2) is 26.8. The maximum absolute atomic E-state index is 13.5. The van der Waals surface area contributed by atoms with Crippen molar-refractivity contribution in [3.63, 3.8) is 0 Å². The molecule has 0 saturated carbocycles. The number of amides is 9. The van der Waals surface area contributed by atoms with Crippen LogP contribution in [-0.4, -0.2) is 149 Å². The third-order valence-corrected chi connectivity index (χ3v) is 7.56. The summed E-state index contributed by atoms with van der Waals surface area (Å²) >= 11 is 0. The highest BCUT2D eigenvalue weighted by Gasteiger charge is 2.32. The number of unbranched alkanes of at least 4 members (excludes halogenated alkanes) is 1. The van der Waals surface area contributed by atoms with E-state index in [1.165, 1.54) is 13.8 Å². The van der Waals surface area contributed by atoms with E-state index in [-0.39, 0.29) is 25.8 Å². The van der Waals surface area contributed by atoms with Gasteiger partial charge in [-0.1, -0.05) is 0 Å². The number of nitrogens with two attached hydrogens (primary N) is 3. The summed E-state index contributed by atoms with van der Waals surface area (Å²) in [4.78, 5) is 135. The first kappa shape index (κ1) is 50.1. The second-order valence-electron chi connectivity index (χ2n) is 12.3. The topological polar surface area (TPSA) is 423 Å². The minimum Gasteiger partial charge on any atom is -0.481 e. The quantitative estimate of drug-likeness (QED) is 0.0327. The number of carbonyl (C=O) groups excluding carboxylic acids is 9. The van der Waals surface area contributed by atoms with Crippen LogP contribution in [0, 0.1) is 0 Å². The summed E-state index contributed by atoms with van der Waals surface area (Å²) in [6, 6.07) is -8.82. The lowest BCUT2D eigenvalue weighted by Gasteiger charge is -2.26. The van der Waals surface area contributed by atoms with Gasteiger partial charge in [0.2, 0.25) is 53.2 Å². The van der Waals surface area contributed by atoms with Crippen molar-refractivity contribution in [3.05, 3.63) is 0 Å². The summed E-state index contributed by atoms with van der Waals surface area (Å²) in [6.45, 7) is -0.0674. The number of aliphatic carboxylic acids is 2. The van der Waals surface area contributed by atoms with E-state index >= 15 is 0 Å². The Hall–Kier alpha value is -5.95. The molecule has 25 heteroatoms. The molecule has 0 bridgehead atoms. The van der Waals surface area contributed by atoms with Crippen LogP contribution in [0.1, 0.15) is 58.8 Å². The van der Waals surface area contributed by atoms with Crippen molar-refractivity contribution in [2.24, 2.45) is 17.2 Å². The fourth-order valence-corrected chi connectivity index (χ4v) is 4.46. The number of carboxylic acid groups (broad SMARTS) is 2. The van der Waals surface area contributed by atoms with Crippen LogP contribution in [0.4, 0.5) is 0 Å². The van der Waals surface area contributed by atoms with Gasteiger partial charge in [-0.15, -0.1) is 0 Å². The molecule has 0 aromatic carbocycles. The van der Waals surface area contributed by atoms with Crippen LogP contribution in [0.15, 0.2) is 0 Å². The van der Waals surface area contributed by atoms with E-state index in [0.29, 0.717) is 6.42 Å². The lowest BCUT2D eigenvalue weighted by atomic mass is 10.0. The SMILES string of the molecule is C[C@H](NC(=O)[C@H](C)NC(=O)[C@H](CO)NC(=O)[C@H](CCCCN)NC(=O)[C@H](CCC(=O)O)NC(=O)[C@H](CCC(N)=O)NC(=O)CNC(=O)CN)C(=O)NCC(=O)O. The third kappa shape index (κ3) is 21.1. The van der Waals surface area contributed by atoms with Crippen molar-refractivity contribution in [2.45, 2.75) is 95.0 Å². The van der Waals surface area contributed by atoms with Gasteiger partial charge in [-0.25, -0.2) is 0 Å². The largest absolute Gasteiger partial charge is 0.481 e. The van der Waals surface area contributed by atoms with Gasteiger partial charge in [0.15, 0.2) is 0 Å². The maximum atomic E-state index is 13.5. The predicted octanol–water partition coefficient (Wildman–Crippen LogP) is -7.54. The van der Waals surface area contributed by atoms with Crippen LogP contribution in [0.5, 0.6) is 0 Å². The van der Waals surface area contributed by atoms with Gasteiger partial charge in [-0.2, -0.15) is 0 Å². The predicted molar refractivity (Wildman–Crippen MR) is 191 cm³/mol. The molecule has 0 aliphatic heterocycles. The van der Waals surface area contributed by atoms with E-state index in [2.05, 4.69) is 42.5 Å². The van der Waals surface area contributed by atoms with Crippen LogP contribution < -0.4 is 59.7 Å². The van der Waals surface area contributed by atoms with Crippen molar-refractivity contribution < 1.29 is 68.1 Å². The van der Waals surface area contributed by atoms with Crippen LogP contribution in [0.3, 0.4) is 0 Å². The third-order valence-electron chi connectivity index (χ3n) is 7.56. The lowest BCUT2D eigenvalue weighted by molar-refractivity contribution is -0.139. The van der Waals surface area contributed by atoms with Crippen LogP contribution >= 0.6 is 0 Å². The fourth-order valence-electron chi connectivity index (χ4n) is 4.46. The molecule has 0 spiro atoms. The zero-order chi connectivity index (χ0) is 43.0. The molecule has 0 rings (SSSR count). The molecule has 316 valence electrons. The standard InChI is InChI=1S/C31H53N11O14/c1-15(26(51)36-13-25(49)50)37-27(52)16(2)38-31(56)20(14-43)42-28(53)17(5-3-4-10-32)40-30(55)19(7-9-24(47)48)41-29(54)18(6-8-21(34)44)39-23(46)12-35-22(45)11-33/h15-20,43H,3-14,32-33H2,1-2H3,(H2,34,44)(H,35,45)(H,36,51)(H,37,52)(H,38,56)(H,39,46)(H,40,55)(H,41,54)(H,42,53)(H,47,48)(H,49,50)/t15-,16-,17-,18-,19-,20-/m0/s1. The summed E-state index contributed by atoms with van der Waals surface area (Å²) in [5.74, 6) is -11.0. The van der Waals surface area contributed by atoms with E-state index in [9.17, 15) is 63.0 Å². The van der Waals surface area contributed by atoms with E-state index < -0.39 is 147 Å². The van der Waals surface area contributed by atoms with Crippen molar-refractivity contribution in [2.75, 3.05) is 32.8 Å². The summed E-state index contributed by atoms with van der Waals surface area (Å²) in [6.07, 6.45) is -1.42. The number of carbonyl (C=O) groups is 11. The number of hydrogen-bond donors (Lipinski definition) is 14. The van der Waals surface area contributed by atoms with Gasteiger partial charge in [0.05, 0.1) is 19.7 Å². The van der Waals surface area contributed by atoms with E-state index in [1.807, 2.05) is 0 Å². The summed E-state index contributed by atoms with van der Waals surface area (Å²) < 4.78 is 0. The van der Waals surface area contributed by atoms with Gasteiger partial charge in [-0.3, -0.25) is 52.7 Å². The highest BCUT2D eigenvalue weighted by atomic mass is 16.4. The van der Waals surface area contributed by atoms with Gasteiger partial charge in [0.25, 0.3) is 0 Å². The number of nitrogens with one attached hydrogen (secondary N) is 8. The zero-order valence-corrected chi connectivity index (χ0v) is 31.0. The molecular weight excluding hydrogens is 750 g/mol. The Morgan fingerprint density at radius 2 is 1.00 bits per heavy atom. The average molecular weight is 804 g/mol. The Bertz CT molecular complexity index is 1430. The minimum atomic E-state index is -1.69. The Balaban J connectivity index is 5.98. The van der Waals surface area contributed by atoms with Crippen molar-refractivity contribution in [1.29, 1.82) is 0 Å². The normalized spacial score (nSPS) is 13.8. The van der Waals surface area contributed by atoms with Gasteiger partial charge < -0.3 is 75.1 Å². The number of aliphatic hydroxyl groups is 1. The number of aliphatic hydroxyl groups excluding tert-OH is 1. The number of primary amides is 1. The highest BCUT2D eigenvalue weighted by Crippen LogP contribution is 2.07. The Kier molecular flexibility index (Phi) is 23.9. The Morgan fingerprint density at radius 3 is 1.50 bits per heavy atom. The molecule has 0 aromatic rings. The molecule has 0 aliphatic rings. The molecule has 0 heterocycles. The van der Waals surface area contributed by atoms with Gasteiger partial charge >= 0.3 is 11.9 Å². The molecule has 0 fully saturated rings. The molecule has 0 radical (unpaired) electrons. The maximum Gasteiger partial charge on any atom is 0.322 e. The Morgan fingerprint density at radius 1 is 0.518 bits per heavy atom. The molecule has 9 amide bonds. The summed E-state index contributed by atoms with van der Waals surface area (Å²) in [5.41, 5.74) is 15.9. The van der Waals surface area contributed by atoms with E-state index in [4.69, 9.17) is 22.3 Å². The molecule has 25 nitrogen and oxygen atoms in total. The highest BCUT2D eigenvalue weighted by molar-refractivity contribution is 5.97. The lowest BCUT2D eigenvalue weighted by Crippen LogP contribution is -2.60. The smallest absolute Gasteiger partial charge is 0.322 e. The molecular formula is C31H53N11O14. The molecule has 6 atom stereocenters. The molecule has 0 unspecified atom stereocenters. The fraction of sp³-hybridized carbons (Fsp3) is 0.645. The van der Waals surface area contributed by atoms with E-state index in [1.54, 1.807) is 0 Å². The molecule has 0 saturated heterocycles. The van der Waals surface area contributed by atoms with E-state index in [0.717, 1.165) is 0 Å². The van der Waals surface area contributed by atoms with Crippen molar-refractivity contribution >= 4 is 65.1 Å². The van der Waals surface area contributed by atoms with Gasteiger partial charge in [0.1, 0.15) is 42.8 Å². The van der Waals surface area contributed by atoms with Crippen LogP contribution in [-0.2, 0) is 52.7 Å². The number of carboxylic acids is 2.